The van der Waals surface area contributed by atoms with Crippen molar-refractivity contribution in [3.63, 3.8) is 0 Å². The molecule has 0 aliphatic carbocycles. The SMILES string of the molecule is CCOCCCOC(=O)C(=O)NC(Cc1ccc(-c2cccc(Cl)c2)cc1)CC(O)C(=O)O. The van der Waals surface area contributed by atoms with E-state index < -0.39 is 30.0 Å². The van der Waals surface area contributed by atoms with Crippen LogP contribution in [0.25, 0.3) is 11.1 Å². The summed E-state index contributed by atoms with van der Waals surface area (Å²) in [6.07, 6.45) is -1.30. The number of halogens is 1. The number of amides is 1. The van der Waals surface area contributed by atoms with Gasteiger partial charge in [-0.3, -0.25) is 4.79 Å². The Kier molecular flexibility index (Phi) is 10.8. The second kappa shape index (κ2) is 13.6. The number of hydrogen-bond donors (Lipinski definition) is 3. The molecule has 2 aromatic carbocycles. The van der Waals surface area contributed by atoms with Gasteiger partial charge in [-0.2, -0.15) is 0 Å². The van der Waals surface area contributed by atoms with E-state index in [1.54, 1.807) is 6.07 Å². The highest BCUT2D eigenvalue weighted by atomic mass is 35.5. The highest BCUT2D eigenvalue weighted by Gasteiger charge is 2.25. The van der Waals surface area contributed by atoms with Gasteiger partial charge >= 0.3 is 17.8 Å². The topological polar surface area (TPSA) is 122 Å². The largest absolute Gasteiger partial charge is 0.479 e. The third-order valence-corrected chi connectivity index (χ3v) is 5.01. The fraction of sp³-hybridized carbons (Fsp3) is 0.375. The number of carboxylic acids is 1. The van der Waals surface area contributed by atoms with E-state index in [9.17, 15) is 19.5 Å². The zero-order valence-electron chi connectivity index (χ0n) is 18.3. The normalized spacial score (nSPS) is 12.6. The Hall–Kier alpha value is -2.94. The second-order valence-electron chi connectivity index (χ2n) is 7.36. The first-order valence-corrected chi connectivity index (χ1v) is 11.0. The van der Waals surface area contributed by atoms with Gasteiger partial charge in [0.15, 0.2) is 6.10 Å². The Labute approximate surface area is 197 Å². The number of aliphatic hydroxyl groups excluding tert-OH is 1. The summed E-state index contributed by atoms with van der Waals surface area (Å²) in [5.74, 6) is -3.48. The molecule has 0 aliphatic heterocycles. The molecule has 178 valence electrons. The average molecular weight is 478 g/mol. The van der Waals surface area contributed by atoms with Gasteiger partial charge in [-0.1, -0.05) is 48.0 Å². The number of aliphatic carboxylic acids is 1. The van der Waals surface area contributed by atoms with Crippen molar-refractivity contribution in [2.24, 2.45) is 0 Å². The van der Waals surface area contributed by atoms with E-state index in [2.05, 4.69) is 5.32 Å². The minimum absolute atomic E-state index is 0.0274. The Bertz CT molecular complexity index is 933. The van der Waals surface area contributed by atoms with Crippen LogP contribution in [0.1, 0.15) is 25.3 Å². The quantitative estimate of drug-likeness (QED) is 0.244. The molecule has 2 rings (SSSR count). The molecule has 0 radical (unpaired) electrons. The van der Waals surface area contributed by atoms with Crippen LogP contribution in [0.3, 0.4) is 0 Å². The first-order chi connectivity index (χ1) is 15.8. The lowest BCUT2D eigenvalue weighted by molar-refractivity contribution is -0.155. The summed E-state index contributed by atoms with van der Waals surface area (Å²) >= 11 is 6.04. The summed E-state index contributed by atoms with van der Waals surface area (Å²) in [4.78, 5) is 35.3. The highest BCUT2D eigenvalue weighted by molar-refractivity contribution is 6.32. The molecule has 0 bridgehead atoms. The summed E-state index contributed by atoms with van der Waals surface area (Å²) < 4.78 is 10.0. The van der Waals surface area contributed by atoms with Gasteiger partial charge in [-0.05, 0) is 42.2 Å². The molecule has 0 spiro atoms. The van der Waals surface area contributed by atoms with E-state index >= 15 is 0 Å². The minimum atomic E-state index is -1.69. The zero-order valence-corrected chi connectivity index (χ0v) is 19.1. The average Bonchev–Trinajstić information content (AvgIpc) is 2.79. The minimum Gasteiger partial charge on any atom is -0.479 e. The van der Waals surface area contributed by atoms with Crippen molar-refractivity contribution in [3.05, 3.63) is 59.1 Å². The predicted molar refractivity (Wildman–Crippen MR) is 123 cm³/mol. The van der Waals surface area contributed by atoms with Gasteiger partial charge in [0, 0.05) is 37.1 Å². The maximum absolute atomic E-state index is 12.2. The smallest absolute Gasteiger partial charge is 0.396 e. The van der Waals surface area contributed by atoms with Gasteiger partial charge in [0.1, 0.15) is 0 Å². The molecule has 0 aromatic heterocycles. The molecule has 9 heteroatoms. The maximum atomic E-state index is 12.2. The fourth-order valence-electron chi connectivity index (χ4n) is 3.13. The Balaban J connectivity index is 2.02. The lowest BCUT2D eigenvalue weighted by Gasteiger charge is -2.20. The highest BCUT2D eigenvalue weighted by Crippen LogP contribution is 2.23. The third-order valence-electron chi connectivity index (χ3n) is 4.78. The van der Waals surface area contributed by atoms with Crippen molar-refractivity contribution >= 4 is 29.4 Å². The Morgan fingerprint density at radius 2 is 1.79 bits per heavy atom. The molecule has 0 saturated heterocycles. The third kappa shape index (κ3) is 9.21. The van der Waals surface area contributed by atoms with Crippen LogP contribution in [0.5, 0.6) is 0 Å². The van der Waals surface area contributed by atoms with Gasteiger partial charge in [-0.15, -0.1) is 0 Å². The van der Waals surface area contributed by atoms with E-state index in [0.29, 0.717) is 24.7 Å². The van der Waals surface area contributed by atoms with Crippen molar-refractivity contribution in [2.45, 2.75) is 38.3 Å². The van der Waals surface area contributed by atoms with Crippen LogP contribution in [0, 0.1) is 0 Å². The monoisotopic (exact) mass is 477 g/mol. The number of carbonyl (C=O) groups is 3. The molecule has 2 atom stereocenters. The molecule has 1 amide bonds. The summed E-state index contributed by atoms with van der Waals surface area (Å²) in [5.41, 5.74) is 2.66. The lowest BCUT2D eigenvalue weighted by atomic mass is 9.98. The van der Waals surface area contributed by atoms with Crippen molar-refractivity contribution in [2.75, 3.05) is 19.8 Å². The first kappa shape index (κ1) is 26.3. The number of carbonyl (C=O) groups excluding carboxylic acids is 2. The number of aliphatic hydroxyl groups is 1. The van der Waals surface area contributed by atoms with Crippen LogP contribution in [0.2, 0.25) is 5.02 Å². The van der Waals surface area contributed by atoms with Gasteiger partial charge in [0.2, 0.25) is 0 Å². The van der Waals surface area contributed by atoms with Gasteiger partial charge < -0.3 is 25.0 Å². The Morgan fingerprint density at radius 3 is 2.42 bits per heavy atom. The molecule has 33 heavy (non-hydrogen) atoms. The van der Waals surface area contributed by atoms with Crippen molar-refractivity contribution in [1.82, 2.24) is 5.32 Å². The number of benzene rings is 2. The molecule has 0 saturated carbocycles. The Morgan fingerprint density at radius 1 is 1.06 bits per heavy atom. The van der Waals surface area contributed by atoms with E-state index in [4.69, 9.17) is 26.2 Å². The fourth-order valence-corrected chi connectivity index (χ4v) is 3.32. The standard InChI is InChI=1S/C24H28ClNO7/c1-2-32-11-4-12-33-24(31)22(28)26-20(15-21(27)23(29)30)13-16-7-9-17(10-8-16)18-5-3-6-19(25)14-18/h3,5-10,14,20-21,27H,2,4,11-13,15H2,1H3,(H,26,28)(H,29,30). The van der Waals surface area contributed by atoms with E-state index in [0.717, 1.165) is 16.7 Å². The van der Waals surface area contributed by atoms with Crippen LogP contribution in [0.4, 0.5) is 0 Å². The molecule has 0 heterocycles. The van der Waals surface area contributed by atoms with Crippen LogP contribution in [0.15, 0.2) is 48.5 Å². The van der Waals surface area contributed by atoms with Gasteiger partial charge in [0.05, 0.1) is 6.61 Å². The molecule has 2 unspecified atom stereocenters. The number of ether oxygens (including phenoxy) is 2. The van der Waals surface area contributed by atoms with E-state index in [-0.39, 0.29) is 19.4 Å². The lowest BCUT2D eigenvalue weighted by Crippen LogP contribution is -2.44. The zero-order chi connectivity index (χ0) is 24.2. The van der Waals surface area contributed by atoms with Crippen molar-refractivity contribution < 1.29 is 34.1 Å². The number of esters is 1. The van der Waals surface area contributed by atoms with Crippen LogP contribution in [-0.4, -0.2) is 60.0 Å². The molecule has 0 fully saturated rings. The molecular formula is C24H28ClNO7. The number of rotatable bonds is 12. The van der Waals surface area contributed by atoms with Crippen LogP contribution in [-0.2, 0) is 30.3 Å². The second-order valence-corrected chi connectivity index (χ2v) is 7.79. The van der Waals surface area contributed by atoms with Crippen molar-refractivity contribution in [1.29, 1.82) is 0 Å². The molecule has 3 N–H and O–H groups in total. The van der Waals surface area contributed by atoms with Crippen LogP contribution < -0.4 is 5.32 Å². The molecule has 0 aliphatic rings. The summed E-state index contributed by atoms with van der Waals surface area (Å²) in [6, 6.07) is 14.0. The maximum Gasteiger partial charge on any atom is 0.396 e. The molecule has 2 aromatic rings. The molecule has 8 nitrogen and oxygen atoms in total. The predicted octanol–water partition coefficient (Wildman–Crippen LogP) is 2.84. The van der Waals surface area contributed by atoms with Gasteiger partial charge in [-0.25, -0.2) is 9.59 Å². The van der Waals surface area contributed by atoms with E-state index in [1.807, 2.05) is 49.4 Å². The van der Waals surface area contributed by atoms with E-state index in [1.165, 1.54) is 0 Å². The summed E-state index contributed by atoms with van der Waals surface area (Å²) in [5, 5.41) is 21.9. The first-order valence-electron chi connectivity index (χ1n) is 10.6. The van der Waals surface area contributed by atoms with Gasteiger partial charge in [0.25, 0.3) is 0 Å². The number of nitrogens with one attached hydrogen (secondary N) is 1. The summed E-state index contributed by atoms with van der Waals surface area (Å²) in [6.45, 7) is 2.82. The number of carboxylic acid groups (broad SMARTS) is 1. The number of hydrogen-bond acceptors (Lipinski definition) is 6. The summed E-state index contributed by atoms with van der Waals surface area (Å²) in [7, 11) is 0. The molecular weight excluding hydrogens is 450 g/mol. The van der Waals surface area contributed by atoms with Crippen molar-refractivity contribution in [3.8, 4) is 11.1 Å². The van der Waals surface area contributed by atoms with Crippen LogP contribution >= 0.6 is 11.6 Å².